The van der Waals surface area contributed by atoms with E-state index in [9.17, 15) is 0 Å². The van der Waals surface area contributed by atoms with Gasteiger partial charge in [0.05, 0.1) is 6.10 Å². The average molecular weight is 398 g/mol. The molecule has 0 aliphatic carbocycles. The Morgan fingerprint density at radius 3 is 2.73 bits per heavy atom. The van der Waals surface area contributed by atoms with Gasteiger partial charge in [-0.1, -0.05) is 32.4 Å². The van der Waals surface area contributed by atoms with Crippen LogP contribution < -0.4 is 4.74 Å². The zero-order chi connectivity index (χ0) is 18.7. The van der Waals surface area contributed by atoms with Crippen LogP contribution in [0.5, 0.6) is 5.75 Å². The number of halogens is 1. The lowest BCUT2D eigenvalue weighted by atomic mass is 9.98. The number of benzene rings is 1. The number of hydrogen-bond acceptors (Lipinski definition) is 4. The fourth-order valence-electron chi connectivity index (χ4n) is 4.01. The van der Waals surface area contributed by atoms with E-state index in [-0.39, 0.29) is 11.0 Å². The maximum atomic E-state index is 6.58. The fraction of sp³-hybridized carbons (Fsp3) is 0.714. The van der Waals surface area contributed by atoms with Gasteiger partial charge in [0.25, 0.3) is 0 Å². The molecule has 5 heteroatoms. The van der Waals surface area contributed by atoms with E-state index in [0.29, 0.717) is 17.8 Å². The summed E-state index contributed by atoms with van der Waals surface area (Å²) >= 11 is 7.89. The van der Waals surface area contributed by atoms with Gasteiger partial charge in [0.2, 0.25) is 0 Å². The van der Waals surface area contributed by atoms with Crippen molar-refractivity contribution < 1.29 is 9.47 Å². The highest BCUT2D eigenvalue weighted by Gasteiger charge is 2.46. The van der Waals surface area contributed by atoms with E-state index >= 15 is 0 Å². The smallest absolute Gasteiger partial charge is 0.145 e. The SMILES string of the molecule is CC1CCCN(CC2OC(C)(COc3ccc(Cl)cc3)SC2C(C)C)C1. The van der Waals surface area contributed by atoms with Crippen LogP contribution in [0, 0.1) is 11.8 Å². The summed E-state index contributed by atoms with van der Waals surface area (Å²) in [6.45, 7) is 13.1. The number of hydrogen-bond donors (Lipinski definition) is 0. The Labute approximate surface area is 167 Å². The molecule has 2 aliphatic heterocycles. The van der Waals surface area contributed by atoms with E-state index < -0.39 is 0 Å². The Balaban J connectivity index is 1.60. The molecule has 2 fully saturated rings. The van der Waals surface area contributed by atoms with Crippen molar-refractivity contribution in [1.82, 2.24) is 4.90 Å². The van der Waals surface area contributed by atoms with Crippen molar-refractivity contribution in [2.24, 2.45) is 11.8 Å². The van der Waals surface area contributed by atoms with Crippen molar-refractivity contribution in [3.63, 3.8) is 0 Å². The minimum Gasteiger partial charge on any atom is -0.490 e. The molecule has 0 N–H and O–H groups in total. The molecule has 2 saturated heterocycles. The Hall–Kier alpha value is -0.420. The highest BCUT2D eigenvalue weighted by atomic mass is 35.5. The maximum absolute atomic E-state index is 6.58. The fourth-order valence-corrected chi connectivity index (χ4v) is 5.58. The molecule has 2 heterocycles. The predicted molar refractivity (Wildman–Crippen MR) is 111 cm³/mol. The molecule has 0 bridgehead atoms. The molecule has 0 saturated carbocycles. The number of ether oxygens (including phenoxy) is 2. The highest BCUT2D eigenvalue weighted by molar-refractivity contribution is 8.01. The average Bonchev–Trinajstić information content (AvgIpc) is 2.92. The molecule has 0 spiro atoms. The van der Waals surface area contributed by atoms with E-state index in [1.54, 1.807) is 0 Å². The third kappa shape index (κ3) is 5.31. The number of likely N-dealkylation sites (tertiary alicyclic amines) is 1. The van der Waals surface area contributed by atoms with E-state index in [1.165, 1.54) is 25.9 Å². The number of piperidine rings is 1. The summed E-state index contributed by atoms with van der Waals surface area (Å²) in [4.78, 5) is 2.29. The molecule has 3 nitrogen and oxygen atoms in total. The second-order valence-electron chi connectivity index (χ2n) is 8.37. The van der Waals surface area contributed by atoms with Crippen molar-refractivity contribution >= 4 is 23.4 Å². The van der Waals surface area contributed by atoms with Crippen LogP contribution in [0.25, 0.3) is 0 Å². The van der Waals surface area contributed by atoms with Gasteiger partial charge in [-0.3, -0.25) is 0 Å². The molecule has 1 aromatic carbocycles. The van der Waals surface area contributed by atoms with Crippen molar-refractivity contribution in [3.05, 3.63) is 29.3 Å². The largest absolute Gasteiger partial charge is 0.490 e. The zero-order valence-electron chi connectivity index (χ0n) is 16.4. The normalized spacial score (nSPS) is 32.9. The first-order valence-corrected chi connectivity index (χ1v) is 11.1. The van der Waals surface area contributed by atoms with Crippen LogP contribution in [0.3, 0.4) is 0 Å². The van der Waals surface area contributed by atoms with Gasteiger partial charge in [0, 0.05) is 23.4 Å². The lowest BCUT2D eigenvalue weighted by Crippen LogP contribution is -2.43. The van der Waals surface area contributed by atoms with Gasteiger partial charge >= 0.3 is 0 Å². The van der Waals surface area contributed by atoms with Gasteiger partial charge in [0.1, 0.15) is 17.3 Å². The van der Waals surface area contributed by atoms with E-state index in [2.05, 4.69) is 32.6 Å². The van der Waals surface area contributed by atoms with Crippen molar-refractivity contribution in [1.29, 1.82) is 0 Å². The van der Waals surface area contributed by atoms with Crippen LogP contribution in [-0.2, 0) is 4.74 Å². The number of nitrogens with zero attached hydrogens (tertiary/aromatic N) is 1. The summed E-state index contributed by atoms with van der Waals surface area (Å²) < 4.78 is 12.6. The Morgan fingerprint density at radius 1 is 1.35 bits per heavy atom. The molecule has 3 rings (SSSR count). The van der Waals surface area contributed by atoms with E-state index in [0.717, 1.165) is 23.2 Å². The summed E-state index contributed by atoms with van der Waals surface area (Å²) in [7, 11) is 0. The van der Waals surface area contributed by atoms with E-state index in [4.69, 9.17) is 21.1 Å². The van der Waals surface area contributed by atoms with Crippen molar-refractivity contribution in [2.75, 3.05) is 26.2 Å². The molecule has 0 radical (unpaired) electrons. The molecule has 26 heavy (non-hydrogen) atoms. The van der Waals surface area contributed by atoms with Crippen LogP contribution >= 0.6 is 23.4 Å². The summed E-state index contributed by atoms with van der Waals surface area (Å²) in [5, 5.41) is 1.23. The Bertz CT molecular complexity index is 582. The second-order valence-corrected chi connectivity index (χ2v) is 10.4. The van der Waals surface area contributed by atoms with E-state index in [1.807, 2.05) is 36.0 Å². The molecule has 2 aliphatic rings. The Morgan fingerprint density at radius 2 is 2.08 bits per heavy atom. The van der Waals surface area contributed by atoms with Crippen LogP contribution in [0.2, 0.25) is 5.02 Å². The summed E-state index contributed by atoms with van der Waals surface area (Å²) in [6.07, 6.45) is 2.94. The summed E-state index contributed by atoms with van der Waals surface area (Å²) in [5.41, 5.74) is 0. The molecule has 4 atom stereocenters. The topological polar surface area (TPSA) is 21.7 Å². The quantitative estimate of drug-likeness (QED) is 0.647. The van der Waals surface area contributed by atoms with Gasteiger partial charge in [-0.15, -0.1) is 11.8 Å². The molecule has 0 amide bonds. The first-order chi connectivity index (χ1) is 12.3. The minimum atomic E-state index is -0.305. The lowest BCUT2D eigenvalue weighted by Gasteiger charge is -2.34. The third-order valence-electron chi connectivity index (χ3n) is 5.30. The van der Waals surface area contributed by atoms with Gasteiger partial charge in [-0.2, -0.15) is 0 Å². The summed E-state index contributed by atoms with van der Waals surface area (Å²) in [5.74, 6) is 2.23. The van der Waals surface area contributed by atoms with Crippen molar-refractivity contribution in [2.45, 2.75) is 56.8 Å². The number of rotatable bonds is 6. The van der Waals surface area contributed by atoms with Gasteiger partial charge in [0.15, 0.2) is 0 Å². The second kappa shape index (κ2) is 8.72. The van der Waals surface area contributed by atoms with Gasteiger partial charge in [-0.05, 0) is 62.4 Å². The molecule has 146 valence electrons. The van der Waals surface area contributed by atoms with Crippen molar-refractivity contribution in [3.8, 4) is 5.75 Å². The lowest BCUT2D eigenvalue weighted by molar-refractivity contribution is -0.0481. The Kier molecular flexibility index (Phi) is 6.82. The monoisotopic (exact) mass is 397 g/mol. The maximum Gasteiger partial charge on any atom is 0.145 e. The molecular weight excluding hydrogens is 366 g/mol. The zero-order valence-corrected chi connectivity index (χ0v) is 18.0. The minimum absolute atomic E-state index is 0.268. The molecular formula is C21H32ClNO2S. The molecule has 4 unspecified atom stereocenters. The first kappa shape index (κ1) is 20.3. The van der Waals surface area contributed by atoms with Gasteiger partial charge in [-0.25, -0.2) is 0 Å². The molecule has 0 aromatic heterocycles. The molecule has 1 aromatic rings. The summed E-state index contributed by atoms with van der Waals surface area (Å²) in [6, 6.07) is 7.55. The predicted octanol–water partition coefficient (Wildman–Crippen LogP) is 5.32. The van der Waals surface area contributed by atoms with Crippen LogP contribution in [-0.4, -0.2) is 47.4 Å². The van der Waals surface area contributed by atoms with Crippen LogP contribution in [0.15, 0.2) is 24.3 Å². The van der Waals surface area contributed by atoms with Gasteiger partial charge < -0.3 is 14.4 Å². The van der Waals surface area contributed by atoms with Crippen LogP contribution in [0.4, 0.5) is 0 Å². The third-order valence-corrected chi connectivity index (χ3v) is 7.39. The standard InChI is InChI=1S/C21H32ClNO2S/c1-15(2)20-19(13-23-11-5-6-16(3)12-23)25-21(4,26-20)14-24-18-9-7-17(22)8-10-18/h7-10,15-16,19-20H,5-6,11-14H2,1-4H3. The van der Waals surface area contributed by atoms with Crippen LogP contribution in [0.1, 0.15) is 40.5 Å². The highest BCUT2D eigenvalue weighted by Crippen LogP contribution is 2.45. The first-order valence-electron chi connectivity index (χ1n) is 9.81. The number of thioether (sulfide) groups is 1.